The van der Waals surface area contributed by atoms with Gasteiger partial charge in [0.25, 0.3) is 5.91 Å². The molecule has 1 fully saturated rings. The monoisotopic (exact) mass is 402 g/mol. The molecule has 1 aliphatic rings. The molecule has 2 aromatic carbocycles. The highest BCUT2D eigenvalue weighted by molar-refractivity contribution is 6.20. The zero-order valence-corrected chi connectivity index (χ0v) is 16.2. The number of carbonyl (C=O) groups excluding carboxylic acids is 3. The molecule has 1 N–H and O–H groups in total. The Morgan fingerprint density at radius 3 is 2.30 bits per heavy atom. The summed E-state index contributed by atoms with van der Waals surface area (Å²) in [5.41, 5.74) is 2.33. The molecule has 150 valence electrons. The molecule has 0 aliphatic carbocycles. The fourth-order valence-corrected chi connectivity index (χ4v) is 3.10. The van der Waals surface area contributed by atoms with E-state index in [0.717, 1.165) is 10.5 Å². The van der Waals surface area contributed by atoms with E-state index >= 15 is 0 Å². The number of ether oxygens (including phenoxy) is 1. The Balaban J connectivity index is 1.44. The van der Waals surface area contributed by atoms with Gasteiger partial charge in [-0.1, -0.05) is 0 Å². The first-order valence-corrected chi connectivity index (χ1v) is 9.34. The number of nitrogens with one attached hydrogen (secondary N) is 1. The maximum absolute atomic E-state index is 12.6. The van der Waals surface area contributed by atoms with Crippen LogP contribution in [0, 0.1) is 6.92 Å². The highest BCUT2D eigenvalue weighted by atomic mass is 16.5. The van der Waals surface area contributed by atoms with Crippen LogP contribution >= 0.6 is 0 Å². The lowest BCUT2D eigenvalue weighted by atomic mass is 10.1. The second-order valence-electron chi connectivity index (χ2n) is 6.73. The molecule has 2 heterocycles. The molecule has 3 amide bonds. The second-order valence-corrected chi connectivity index (χ2v) is 6.73. The maximum Gasteiger partial charge on any atom is 0.321 e. The summed E-state index contributed by atoms with van der Waals surface area (Å²) >= 11 is 0. The molecular weight excluding hydrogens is 384 g/mol. The first kappa shape index (κ1) is 19.3. The molecule has 1 aliphatic heterocycles. The van der Waals surface area contributed by atoms with E-state index in [4.69, 9.17) is 4.74 Å². The number of aromatic nitrogens is 2. The zero-order valence-electron chi connectivity index (χ0n) is 16.2. The zero-order chi connectivity index (χ0) is 21.1. The molecule has 0 saturated carbocycles. The fraction of sp³-hybridized carbons (Fsp3) is 0.136. The van der Waals surface area contributed by atoms with Crippen LogP contribution in [0.3, 0.4) is 0 Å². The van der Waals surface area contributed by atoms with E-state index < -0.39 is 0 Å². The number of nitrogens with zero attached hydrogens (tertiary/aromatic N) is 3. The van der Waals surface area contributed by atoms with Crippen LogP contribution in [0.15, 0.2) is 60.9 Å². The number of amides is 3. The highest BCUT2D eigenvalue weighted by Crippen LogP contribution is 2.26. The molecule has 0 atom stereocenters. The molecule has 8 nitrogen and oxygen atoms in total. The largest absolute Gasteiger partial charge is 0.424 e. The number of carbonyl (C=O) groups is 3. The molecule has 30 heavy (non-hydrogen) atoms. The number of imide groups is 1. The summed E-state index contributed by atoms with van der Waals surface area (Å²) in [5.74, 6) is -0.197. The number of hydrogen-bond donors (Lipinski definition) is 1. The van der Waals surface area contributed by atoms with Gasteiger partial charge >= 0.3 is 6.01 Å². The quantitative estimate of drug-likeness (QED) is 0.656. The fourth-order valence-electron chi connectivity index (χ4n) is 3.10. The Hall–Kier alpha value is -4.07. The van der Waals surface area contributed by atoms with Gasteiger partial charge in [-0.15, -0.1) is 0 Å². The number of anilines is 2. The van der Waals surface area contributed by atoms with Crippen LogP contribution in [0.1, 0.15) is 28.8 Å². The summed E-state index contributed by atoms with van der Waals surface area (Å²) in [5, 5.41) is 2.85. The van der Waals surface area contributed by atoms with Gasteiger partial charge in [0.1, 0.15) is 5.75 Å². The van der Waals surface area contributed by atoms with Crippen molar-refractivity contribution in [2.45, 2.75) is 19.8 Å². The summed E-state index contributed by atoms with van der Waals surface area (Å²) in [7, 11) is 0. The Labute approximate surface area is 172 Å². The Morgan fingerprint density at radius 1 is 1.00 bits per heavy atom. The molecule has 1 saturated heterocycles. The third kappa shape index (κ3) is 4.02. The van der Waals surface area contributed by atoms with E-state index in [1.807, 2.05) is 6.92 Å². The third-order valence-corrected chi connectivity index (χ3v) is 4.64. The molecule has 1 aromatic heterocycles. The van der Waals surface area contributed by atoms with Gasteiger partial charge < -0.3 is 10.1 Å². The predicted octanol–water partition coefficient (Wildman–Crippen LogP) is 3.48. The Morgan fingerprint density at radius 2 is 1.67 bits per heavy atom. The molecule has 8 heteroatoms. The van der Waals surface area contributed by atoms with Crippen molar-refractivity contribution < 1.29 is 19.1 Å². The number of rotatable bonds is 5. The minimum atomic E-state index is -0.302. The van der Waals surface area contributed by atoms with Crippen molar-refractivity contribution in [3.8, 4) is 11.8 Å². The van der Waals surface area contributed by atoms with Crippen molar-refractivity contribution in [3.05, 3.63) is 72.1 Å². The normalized spacial score (nSPS) is 13.4. The van der Waals surface area contributed by atoms with Crippen molar-refractivity contribution >= 4 is 29.1 Å². The number of benzene rings is 2. The van der Waals surface area contributed by atoms with Crippen molar-refractivity contribution in [1.29, 1.82) is 0 Å². The average molecular weight is 402 g/mol. The lowest BCUT2D eigenvalue weighted by Crippen LogP contribution is -2.28. The molecule has 0 bridgehead atoms. The summed E-state index contributed by atoms with van der Waals surface area (Å²) in [6.07, 6.45) is 3.61. The van der Waals surface area contributed by atoms with Crippen molar-refractivity contribution in [2.24, 2.45) is 0 Å². The van der Waals surface area contributed by atoms with E-state index in [2.05, 4.69) is 15.3 Å². The van der Waals surface area contributed by atoms with Crippen LogP contribution in [0.4, 0.5) is 11.4 Å². The lowest BCUT2D eigenvalue weighted by Gasteiger charge is -2.14. The van der Waals surface area contributed by atoms with Crippen molar-refractivity contribution in [2.75, 3.05) is 10.2 Å². The minimum absolute atomic E-state index is 0.219. The summed E-state index contributed by atoms with van der Waals surface area (Å²) in [6.45, 7) is 1.85. The van der Waals surface area contributed by atoms with Crippen LogP contribution in [-0.2, 0) is 9.59 Å². The Bertz CT molecular complexity index is 1100. The molecule has 4 rings (SSSR count). The maximum atomic E-state index is 12.6. The standard InChI is InChI=1S/C22H18N4O4/c1-14-13-17(30-22-23-11-2-12-24-22)7-8-18(14)25-21(29)15-3-5-16(6-4-15)26-19(27)9-10-20(26)28/h2-8,11-13H,9-10H2,1H3,(H,25,29). The van der Waals surface area contributed by atoms with E-state index in [1.54, 1.807) is 60.9 Å². The first-order chi connectivity index (χ1) is 14.5. The van der Waals surface area contributed by atoms with E-state index in [1.165, 1.54) is 0 Å². The number of aryl methyl sites for hydroxylation is 1. The summed E-state index contributed by atoms with van der Waals surface area (Å²) < 4.78 is 5.59. The predicted molar refractivity (Wildman–Crippen MR) is 109 cm³/mol. The molecule has 0 unspecified atom stereocenters. The van der Waals surface area contributed by atoms with E-state index in [-0.39, 0.29) is 36.6 Å². The van der Waals surface area contributed by atoms with Gasteiger partial charge in [-0.25, -0.2) is 9.97 Å². The van der Waals surface area contributed by atoms with Crippen LogP contribution in [0.25, 0.3) is 0 Å². The third-order valence-electron chi connectivity index (χ3n) is 4.64. The van der Waals surface area contributed by atoms with Gasteiger partial charge in [-0.3, -0.25) is 19.3 Å². The Kier molecular flexibility index (Phi) is 5.21. The topological polar surface area (TPSA) is 101 Å². The molecule has 3 aromatic rings. The van der Waals surface area contributed by atoms with Gasteiger partial charge in [0.2, 0.25) is 11.8 Å². The van der Waals surface area contributed by atoms with Gasteiger partial charge in [0, 0.05) is 36.5 Å². The van der Waals surface area contributed by atoms with Crippen LogP contribution in [0.2, 0.25) is 0 Å². The molecule has 0 spiro atoms. The van der Waals surface area contributed by atoms with Gasteiger partial charge in [-0.05, 0) is 61.0 Å². The van der Waals surface area contributed by atoms with Crippen LogP contribution in [0.5, 0.6) is 11.8 Å². The smallest absolute Gasteiger partial charge is 0.321 e. The van der Waals surface area contributed by atoms with Crippen molar-refractivity contribution in [1.82, 2.24) is 9.97 Å². The highest BCUT2D eigenvalue weighted by Gasteiger charge is 2.30. The molecular formula is C22H18N4O4. The summed E-state index contributed by atoms with van der Waals surface area (Å²) in [6, 6.07) is 13.5. The SMILES string of the molecule is Cc1cc(Oc2ncccn2)ccc1NC(=O)c1ccc(N2C(=O)CCC2=O)cc1. The minimum Gasteiger partial charge on any atom is -0.424 e. The van der Waals surface area contributed by atoms with Gasteiger partial charge in [0.15, 0.2) is 0 Å². The second kappa shape index (κ2) is 8.12. The molecule has 0 radical (unpaired) electrons. The van der Waals surface area contributed by atoms with Crippen LogP contribution < -0.4 is 15.0 Å². The first-order valence-electron chi connectivity index (χ1n) is 9.34. The van der Waals surface area contributed by atoms with E-state index in [9.17, 15) is 14.4 Å². The van der Waals surface area contributed by atoms with E-state index in [0.29, 0.717) is 22.7 Å². The number of hydrogen-bond acceptors (Lipinski definition) is 6. The van der Waals surface area contributed by atoms with Gasteiger partial charge in [0.05, 0.1) is 5.69 Å². The van der Waals surface area contributed by atoms with Gasteiger partial charge in [-0.2, -0.15) is 0 Å². The van der Waals surface area contributed by atoms with Crippen LogP contribution in [-0.4, -0.2) is 27.7 Å². The average Bonchev–Trinajstić information content (AvgIpc) is 3.09. The summed E-state index contributed by atoms with van der Waals surface area (Å²) in [4.78, 5) is 45.4. The lowest BCUT2D eigenvalue weighted by molar-refractivity contribution is -0.121. The van der Waals surface area contributed by atoms with Crippen molar-refractivity contribution in [3.63, 3.8) is 0 Å².